The maximum atomic E-state index is 4.95. The highest BCUT2D eigenvalue weighted by Gasteiger charge is 2.11. The molecular formula is C7H19NO2. The molecule has 0 fully saturated rings. The van der Waals surface area contributed by atoms with Gasteiger partial charge in [-0.25, -0.2) is 0 Å². The maximum Gasteiger partial charge on any atom is 0.184 e. The summed E-state index contributed by atoms with van der Waals surface area (Å²) in [5, 5.41) is 0. The summed E-state index contributed by atoms with van der Waals surface area (Å²) < 4.78 is 10.6. The van der Waals surface area contributed by atoms with Gasteiger partial charge in [0.1, 0.15) is 0 Å². The third kappa shape index (κ3) is 6.01. The van der Waals surface area contributed by atoms with Crippen molar-refractivity contribution in [3.05, 3.63) is 7.43 Å². The van der Waals surface area contributed by atoms with Crippen LogP contribution in [0.2, 0.25) is 0 Å². The lowest BCUT2D eigenvalue weighted by atomic mass is 10.7. The van der Waals surface area contributed by atoms with Crippen LogP contribution in [0.1, 0.15) is 0 Å². The van der Waals surface area contributed by atoms with E-state index in [0.29, 0.717) is 13.5 Å². The normalized spacial score (nSPS) is 10.8. The molecule has 0 aliphatic carbocycles. The summed E-state index contributed by atoms with van der Waals surface area (Å²) >= 11 is 0. The molecule has 0 aromatic heterocycles. The second-order valence-electron chi connectivity index (χ2n) is 2.77. The second kappa shape index (κ2) is 5.65. The van der Waals surface area contributed by atoms with Crippen LogP contribution in [0.4, 0.5) is 0 Å². The minimum absolute atomic E-state index is 0. The van der Waals surface area contributed by atoms with Gasteiger partial charge in [0, 0.05) is 14.2 Å². The van der Waals surface area contributed by atoms with E-state index < -0.39 is 0 Å². The molecule has 0 spiro atoms. The summed E-state index contributed by atoms with van der Waals surface area (Å²) in [6, 6.07) is 0. The SMILES string of the molecule is COC[N+](C)(C)COC.[CH3-]. The van der Waals surface area contributed by atoms with E-state index in [1.807, 2.05) is 14.1 Å². The Morgan fingerprint density at radius 1 is 1.00 bits per heavy atom. The highest BCUT2D eigenvalue weighted by atomic mass is 16.5. The zero-order valence-corrected chi connectivity index (χ0v) is 7.68. The molecule has 0 aliphatic rings. The molecule has 3 heteroatoms. The molecule has 0 rings (SSSR count). The fourth-order valence-electron chi connectivity index (χ4n) is 0.736. The first kappa shape index (κ1) is 12.5. The number of rotatable bonds is 4. The number of quaternary nitrogens is 1. The molecule has 0 radical (unpaired) electrons. The number of hydrogen-bond acceptors (Lipinski definition) is 2. The molecule has 0 bridgehead atoms. The van der Waals surface area contributed by atoms with Gasteiger partial charge in [-0.3, -0.25) is 4.48 Å². The van der Waals surface area contributed by atoms with E-state index in [0.717, 1.165) is 4.48 Å². The molecule has 0 saturated heterocycles. The molecule has 0 aromatic carbocycles. The molecule has 0 atom stereocenters. The van der Waals surface area contributed by atoms with Gasteiger partial charge in [0.05, 0.1) is 14.1 Å². The summed E-state index contributed by atoms with van der Waals surface area (Å²) in [5.74, 6) is 0. The van der Waals surface area contributed by atoms with Gasteiger partial charge >= 0.3 is 0 Å². The number of hydrogen-bond donors (Lipinski definition) is 0. The predicted octanol–water partition coefficient (Wildman–Crippen LogP) is 0.721. The quantitative estimate of drug-likeness (QED) is 0.333. The topological polar surface area (TPSA) is 18.5 Å². The van der Waals surface area contributed by atoms with Crippen molar-refractivity contribution in [3.63, 3.8) is 0 Å². The van der Waals surface area contributed by atoms with Crippen molar-refractivity contribution in [3.8, 4) is 0 Å². The largest absolute Gasteiger partial charge is 0.358 e. The van der Waals surface area contributed by atoms with Crippen LogP contribution in [0.25, 0.3) is 0 Å². The molecule has 64 valence electrons. The minimum atomic E-state index is 0. The first-order chi connectivity index (χ1) is 4.12. The lowest BCUT2D eigenvalue weighted by Crippen LogP contribution is -2.42. The van der Waals surface area contributed by atoms with Crippen LogP contribution in [0.3, 0.4) is 0 Å². The van der Waals surface area contributed by atoms with Crippen LogP contribution >= 0.6 is 0 Å². The van der Waals surface area contributed by atoms with Crippen molar-refractivity contribution < 1.29 is 14.0 Å². The van der Waals surface area contributed by atoms with Crippen molar-refractivity contribution in [2.75, 3.05) is 41.8 Å². The van der Waals surface area contributed by atoms with E-state index in [9.17, 15) is 0 Å². The lowest BCUT2D eigenvalue weighted by molar-refractivity contribution is -0.926. The second-order valence-corrected chi connectivity index (χ2v) is 2.77. The Kier molecular flexibility index (Phi) is 7.09. The predicted molar refractivity (Wildman–Crippen MR) is 42.3 cm³/mol. The summed E-state index contributed by atoms with van der Waals surface area (Å²) in [6.45, 7) is 1.38. The third-order valence-electron chi connectivity index (χ3n) is 0.957. The zero-order chi connectivity index (χ0) is 7.33. The Morgan fingerprint density at radius 3 is 1.50 bits per heavy atom. The molecule has 0 saturated carbocycles. The molecule has 0 unspecified atom stereocenters. The van der Waals surface area contributed by atoms with Crippen LogP contribution in [0.5, 0.6) is 0 Å². The van der Waals surface area contributed by atoms with Crippen LogP contribution in [0.15, 0.2) is 0 Å². The average Bonchev–Trinajstić information content (AvgIpc) is 1.64. The summed E-state index contributed by atoms with van der Waals surface area (Å²) in [6.07, 6.45) is 0. The van der Waals surface area contributed by atoms with E-state index >= 15 is 0 Å². The van der Waals surface area contributed by atoms with Crippen molar-refractivity contribution in [2.24, 2.45) is 0 Å². The first-order valence-electron chi connectivity index (χ1n) is 2.92. The smallest absolute Gasteiger partial charge is 0.184 e. The van der Waals surface area contributed by atoms with Gasteiger partial charge in [-0.05, 0) is 0 Å². The fourth-order valence-corrected chi connectivity index (χ4v) is 0.736. The number of nitrogens with zero attached hydrogens (tertiary/aromatic N) is 1. The van der Waals surface area contributed by atoms with Crippen LogP contribution in [0, 0.1) is 7.43 Å². The Hall–Kier alpha value is -0.120. The minimum Gasteiger partial charge on any atom is -0.358 e. The average molecular weight is 149 g/mol. The molecule has 0 aromatic rings. The van der Waals surface area contributed by atoms with Crippen molar-refractivity contribution in [2.45, 2.75) is 0 Å². The van der Waals surface area contributed by atoms with Gasteiger partial charge in [-0.15, -0.1) is 0 Å². The van der Waals surface area contributed by atoms with E-state index in [1.165, 1.54) is 0 Å². The highest BCUT2D eigenvalue weighted by Crippen LogP contribution is 1.94. The number of methoxy groups -OCH3 is 2. The monoisotopic (exact) mass is 149 g/mol. The molecular weight excluding hydrogens is 130 g/mol. The van der Waals surface area contributed by atoms with E-state index in [1.54, 1.807) is 14.2 Å². The summed E-state index contributed by atoms with van der Waals surface area (Å²) in [4.78, 5) is 0. The van der Waals surface area contributed by atoms with E-state index in [-0.39, 0.29) is 7.43 Å². The molecule has 0 N–H and O–H groups in total. The Labute approximate surface area is 64.1 Å². The highest BCUT2D eigenvalue weighted by molar-refractivity contribution is 4.08. The van der Waals surface area contributed by atoms with Gasteiger partial charge in [0.25, 0.3) is 0 Å². The third-order valence-corrected chi connectivity index (χ3v) is 0.957. The van der Waals surface area contributed by atoms with Gasteiger partial charge in [0.15, 0.2) is 13.5 Å². The molecule has 0 heterocycles. The summed E-state index contributed by atoms with van der Waals surface area (Å²) in [5.41, 5.74) is 0. The van der Waals surface area contributed by atoms with E-state index in [4.69, 9.17) is 9.47 Å². The van der Waals surface area contributed by atoms with Crippen LogP contribution in [-0.4, -0.2) is 46.3 Å². The van der Waals surface area contributed by atoms with Crippen LogP contribution < -0.4 is 0 Å². The standard InChI is InChI=1S/C6H16NO2.CH3/c1-7(2,5-8-3)6-9-4;/h5-6H2,1-4H3;1H3/q+1;-1. The Bertz CT molecular complexity index is 66.0. The molecule has 0 aliphatic heterocycles. The maximum absolute atomic E-state index is 4.95. The van der Waals surface area contributed by atoms with Crippen molar-refractivity contribution in [1.82, 2.24) is 0 Å². The van der Waals surface area contributed by atoms with Crippen molar-refractivity contribution in [1.29, 1.82) is 0 Å². The first-order valence-corrected chi connectivity index (χ1v) is 2.92. The van der Waals surface area contributed by atoms with Gasteiger partial charge in [0.2, 0.25) is 0 Å². The van der Waals surface area contributed by atoms with Gasteiger partial charge < -0.3 is 16.9 Å². The summed E-state index contributed by atoms with van der Waals surface area (Å²) in [7, 11) is 7.48. The Morgan fingerprint density at radius 2 is 1.30 bits per heavy atom. The van der Waals surface area contributed by atoms with Crippen LogP contribution in [-0.2, 0) is 9.47 Å². The molecule has 10 heavy (non-hydrogen) atoms. The lowest BCUT2D eigenvalue weighted by Gasteiger charge is -2.26. The molecule has 0 amide bonds. The van der Waals surface area contributed by atoms with Gasteiger partial charge in [-0.1, -0.05) is 0 Å². The van der Waals surface area contributed by atoms with Gasteiger partial charge in [-0.2, -0.15) is 0 Å². The Balaban J connectivity index is 0. The fraction of sp³-hybridized carbons (Fsp3) is 0.857. The molecule has 3 nitrogen and oxygen atoms in total. The number of ether oxygens (including phenoxy) is 2. The van der Waals surface area contributed by atoms with E-state index in [2.05, 4.69) is 0 Å². The van der Waals surface area contributed by atoms with Crippen molar-refractivity contribution >= 4 is 0 Å². The zero-order valence-electron chi connectivity index (χ0n) is 7.68.